The molecule has 0 radical (unpaired) electrons. The topological polar surface area (TPSA) is 80.3 Å². The molecule has 0 aliphatic rings. The zero-order chi connectivity index (χ0) is 18.5. The van der Waals surface area contributed by atoms with Gasteiger partial charge in [-0.25, -0.2) is 9.78 Å². The van der Waals surface area contributed by atoms with E-state index in [0.717, 1.165) is 0 Å². The number of aromatic nitrogens is 1. The molecule has 0 aliphatic heterocycles. The van der Waals surface area contributed by atoms with Gasteiger partial charge in [0.1, 0.15) is 17.5 Å². The van der Waals surface area contributed by atoms with Crippen LogP contribution in [0.1, 0.15) is 48.0 Å². The zero-order valence-electron chi connectivity index (χ0n) is 15.1. The van der Waals surface area contributed by atoms with E-state index in [9.17, 15) is 9.59 Å². The van der Waals surface area contributed by atoms with Crippen LogP contribution in [0.2, 0.25) is 5.02 Å². The highest BCUT2D eigenvalue weighted by Crippen LogP contribution is 2.22. The molecule has 0 unspecified atom stereocenters. The van der Waals surface area contributed by atoms with Gasteiger partial charge in [-0.3, -0.25) is 4.79 Å². The number of anilines is 1. The third-order valence-electron chi connectivity index (χ3n) is 2.80. The van der Waals surface area contributed by atoms with Gasteiger partial charge in [0, 0.05) is 6.20 Å². The minimum absolute atomic E-state index is 0.162. The van der Waals surface area contributed by atoms with Crippen LogP contribution < -0.4 is 10.6 Å². The Balaban J connectivity index is 2.82. The number of alkyl carbamates (subject to hydrolysis) is 1. The van der Waals surface area contributed by atoms with Crippen LogP contribution in [0.3, 0.4) is 0 Å². The number of halogens is 1. The molecule has 24 heavy (non-hydrogen) atoms. The summed E-state index contributed by atoms with van der Waals surface area (Å²) in [5.41, 5.74) is -0.797. The van der Waals surface area contributed by atoms with Crippen molar-refractivity contribution in [2.24, 2.45) is 5.41 Å². The van der Waals surface area contributed by atoms with E-state index in [-0.39, 0.29) is 11.3 Å². The van der Waals surface area contributed by atoms with Crippen molar-refractivity contribution < 1.29 is 14.3 Å². The number of amides is 2. The predicted octanol–water partition coefficient (Wildman–Crippen LogP) is 4.00. The largest absolute Gasteiger partial charge is 0.444 e. The summed E-state index contributed by atoms with van der Waals surface area (Å²) < 4.78 is 5.24. The average Bonchev–Trinajstić information content (AvgIpc) is 2.36. The predicted molar refractivity (Wildman–Crippen MR) is 95.1 cm³/mol. The van der Waals surface area contributed by atoms with Crippen LogP contribution in [0.4, 0.5) is 10.6 Å². The zero-order valence-corrected chi connectivity index (χ0v) is 15.8. The first-order chi connectivity index (χ1) is 10.9. The molecular formula is C17H26ClN3O3. The summed E-state index contributed by atoms with van der Waals surface area (Å²) in [6.45, 7) is 11.3. The van der Waals surface area contributed by atoms with Crippen LogP contribution >= 0.6 is 11.6 Å². The second kappa shape index (κ2) is 7.83. The van der Waals surface area contributed by atoms with Gasteiger partial charge in [0.2, 0.25) is 5.91 Å². The lowest BCUT2D eigenvalue weighted by atomic mass is 9.88. The van der Waals surface area contributed by atoms with E-state index in [1.807, 2.05) is 20.8 Å². The summed E-state index contributed by atoms with van der Waals surface area (Å²) in [7, 11) is 0. The first-order valence-corrected chi connectivity index (χ1v) is 8.15. The number of nitrogens with one attached hydrogen (secondary N) is 2. The van der Waals surface area contributed by atoms with Gasteiger partial charge in [0.25, 0.3) is 0 Å². The van der Waals surface area contributed by atoms with Gasteiger partial charge < -0.3 is 15.4 Å². The maximum atomic E-state index is 12.5. The van der Waals surface area contributed by atoms with Crippen molar-refractivity contribution in [2.75, 3.05) is 5.32 Å². The molecule has 0 spiro atoms. The molecule has 6 nitrogen and oxygen atoms in total. The van der Waals surface area contributed by atoms with Gasteiger partial charge >= 0.3 is 6.09 Å². The molecule has 0 saturated carbocycles. The number of rotatable bonds is 4. The Morgan fingerprint density at radius 2 is 1.83 bits per heavy atom. The summed E-state index contributed by atoms with van der Waals surface area (Å²) in [4.78, 5) is 28.6. The van der Waals surface area contributed by atoms with Gasteiger partial charge in [-0.1, -0.05) is 32.4 Å². The van der Waals surface area contributed by atoms with Gasteiger partial charge in [0.05, 0.1) is 5.02 Å². The first-order valence-electron chi connectivity index (χ1n) is 7.78. The molecule has 0 fully saturated rings. The van der Waals surface area contributed by atoms with Crippen LogP contribution in [-0.2, 0) is 9.53 Å². The van der Waals surface area contributed by atoms with Crippen molar-refractivity contribution >= 4 is 29.4 Å². The molecule has 0 bridgehead atoms. The molecule has 2 amide bonds. The highest BCUT2D eigenvalue weighted by Gasteiger charge is 2.28. The summed E-state index contributed by atoms with van der Waals surface area (Å²) in [5, 5.41) is 5.79. The van der Waals surface area contributed by atoms with E-state index in [0.29, 0.717) is 17.3 Å². The lowest BCUT2D eigenvalue weighted by Gasteiger charge is -2.27. The van der Waals surface area contributed by atoms with Gasteiger partial charge in [-0.2, -0.15) is 0 Å². The van der Waals surface area contributed by atoms with Crippen LogP contribution in [0.15, 0.2) is 18.3 Å². The number of ether oxygens (including phenoxy) is 1. The van der Waals surface area contributed by atoms with E-state index in [2.05, 4.69) is 15.6 Å². The van der Waals surface area contributed by atoms with Crippen LogP contribution in [0.25, 0.3) is 0 Å². The first kappa shape index (κ1) is 20.2. The Hall–Kier alpha value is -1.82. The SMILES string of the molecule is CC(C)(C)C[C@@H](NC(=O)OC(C)(C)C)C(=O)Nc1ccc(Cl)cn1. The smallest absolute Gasteiger partial charge is 0.408 e. The molecule has 1 aromatic rings. The van der Waals surface area contributed by atoms with Crippen LogP contribution in [0.5, 0.6) is 0 Å². The van der Waals surface area contributed by atoms with Crippen molar-refractivity contribution in [3.63, 3.8) is 0 Å². The molecule has 0 saturated heterocycles. The van der Waals surface area contributed by atoms with Crippen molar-refractivity contribution in [2.45, 2.75) is 59.6 Å². The van der Waals surface area contributed by atoms with E-state index >= 15 is 0 Å². The number of pyridine rings is 1. The highest BCUT2D eigenvalue weighted by atomic mass is 35.5. The highest BCUT2D eigenvalue weighted by molar-refractivity contribution is 6.30. The molecule has 134 valence electrons. The quantitative estimate of drug-likeness (QED) is 0.855. The number of carbonyl (C=O) groups is 2. The maximum absolute atomic E-state index is 12.5. The lowest BCUT2D eigenvalue weighted by molar-refractivity contribution is -0.118. The standard InChI is InChI=1S/C17H26ClN3O3/c1-16(2,3)9-12(20-15(23)24-17(4,5)6)14(22)21-13-8-7-11(18)10-19-13/h7-8,10,12H,9H2,1-6H3,(H,20,23)(H,19,21,22)/t12-/m1/s1. The number of hydrogen-bond donors (Lipinski definition) is 2. The second-order valence-corrected chi connectivity index (χ2v) is 8.25. The molecule has 1 aromatic heterocycles. The fourth-order valence-corrected chi connectivity index (χ4v) is 2.05. The molecule has 2 N–H and O–H groups in total. The molecule has 7 heteroatoms. The minimum Gasteiger partial charge on any atom is -0.444 e. The summed E-state index contributed by atoms with van der Waals surface area (Å²) in [6.07, 6.45) is 1.26. The maximum Gasteiger partial charge on any atom is 0.408 e. The van der Waals surface area contributed by atoms with Gasteiger partial charge in [-0.05, 0) is 44.7 Å². The van der Waals surface area contributed by atoms with Gasteiger partial charge in [0.15, 0.2) is 0 Å². The molecule has 0 aliphatic carbocycles. The molecule has 1 rings (SSSR count). The Bertz CT molecular complexity index is 574. The number of hydrogen-bond acceptors (Lipinski definition) is 4. The van der Waals surface area contributed by atoms with E-state index < -0.39 is 17.7 Å². The molecule has 1 heterocycles. The van der Waals surface area contributed by atoms with Crippen molar-refractivity contribution in [1.82, 2.24) is 10.3 Å². The van der Waals surface area contributed by atoms with E-state index in [4.69, 9.17) is 16.3 Å². The second-order valence-electron chi connectivity index (χ2n) is 7.81. The minimum atomic E-state index is -0.739. The lowest BCUT2D eigenvalue weighted by Crippen LogP contribution is -2.47. The summed E-state index contributed by atoms with van der Waals surface area (Å²) in [6, 6.07) is 2.49. The normalized spacial score (nSPS) is 13.1. The monoisotopic (exact) mass is 355 g/mol. The van der Waals surface area contributed by atoms with Crippen molar-refractivity contribution in [3.8, 4) is 0 Å². The van der Waals surface area contributed by atoms with E-state index in [1.54, 1.807) is 32.9 Å². The number of nitrogens with zero attached hydrogens (tertiary/aromatic N) is 1. The van der Waals surface area contributed by atoms with Crippen molar-refractivity contribution in [1.29, 1.82) is 0 Å². The average molecular weight is 356 g/mol. The van der Waals surface area contributed by atoms with Crippen molar-refractivity contribution in [3.05, 3.63) is 23.4 Å². The molecule has 0 aromatic carbocycles. The molecular weight excluding hydrogens is 330 g/mol. The Kier molecular flexibility index (Phi) is 6.60. The third kappa shape index (κ3) is 8.15. The van der Waals surface area contributed by atoms with Crippen LogP contribution in [0, 0.1) is 5.41 Å². The Morgan fingerprint density at radius 1 is 1.21 bits per heavy atom. The Labute approximate surface area is 148 Å². The molecule has 1 atom stereocenters. The fourth-order valence-electron chi connectivity index (χ4n) is 1.93. The van der Waals surface area contributed by atoms with Crippen LogP contribution in [-0.4, -0.2) is 28.6 Å². The number of carbonyl (C=O) groups excluding carboxylic acids is 2. The third-order valence-corrected chi connectivity index (χ3v) is 3.03. The van der Waals surface area contributed by atoms with Gasteiger partial charge in [-0.15, -0.1) is 0 Å². The Morgan fingerprint density at radius 3 is 2.29 bits per heavy atom. The fraction of sp³-hybridized carbons (Fsp3) is 0.588. The van der Waals surface area contributed by atoms with E-state index in [1.165, 1.54) is 6.20 Å². The summed E-state index contributed by atoms with van der Waals surface area (Å²) >= 11 is 5.78. The summed E-state index contributed by atoms with van der Waals surface area (Å²) in [5.74, 6) is 0.0138.